The molecule has 28 heavy (non-hydrogen) atoms. The van der Waals surface area contributed by atoms with E-state index in [0.717, 1.165) is 22.1 Å². The van der Waals surface area contributed by atoms with Crippen molar-refractivity contribution in [1.29, 1.82) is 0 Å². The van der Waals surface area contributed by atoms with Gasteiger partial charge in [0.25, 0.3) is 0 Å². The third-order valence-corrected chi connectivity index (χ3v) is 6.72. The largest absolute Gasteiger partial charge is 0.402 e. The van der Waals surface area contributed by atoms with Gasteiger partial charge in [-0.2, -0.15) is 13.2 Å². The number of benzene rings is 1. The van der Waals surface area contributed by atoms with E-state index in [9.17, 15) is 18.0 Å². The zero-order valence-corrected chi connectivity index (χ0v) is 16.8. The minimum absolute atomic E-state index is 0.112. The van der Waals surface area contributed by atoms with Crippen LogP contribution in [0.1, 0.15) is 23.5 Å². The van der Waals surface area contributed by atoms with E-state index in [1.54, 1.807) is 0 Å². The maximum absolute atomic E-state index is 13.0. The van der Waals surface area contributed by atoms with Crippen molar-refractivity contribution in [3.8, 4) is 0 Å². The molecule has 1 aromatic carbocycles. The average molecular weight is 460 g/mol. The van der Waals surface area contributed by atoms with Gasteiger partial charge in [0.05, 0.1) is 11.2 Å². The molecule has 1 aliphatic heterocycles. The van der Waals surface area contributed by atoms with E-state index in [1.165, 1.54) is 10.9 Å². The first kappa shape index (κ1) is 19.7. The number of hydrogen-bond donors (Lipinski definition) is 3. The lowest BCUT2D eigenvalue weighted by Crippen LogP contribution is -2.56. The highest BCUT2D eigenvalue weighted by atomic mass is 79.9. The normalized spacial score (nSPS) is 26.1. The Labute approximate surface area is 168 Å². The first-order valence-corrected chi connectivity index (χ1v) is 9.97. The van der Waals surface area contributed by atoms with E-state index < -0.39 is 30.7 Å². The van der Waals surface area contributed by atoms with Gasteiger partial charge in [-0.15, -0.1) is 0 Å². The molecule has 2 aliphatic rings. The highest BCUT2D eigenvalue weighted by Crippen LogP contribution is 2.45. The molecule has 0 bridgehead atoms. The van der Waals surface area contributed by atoms with Gasteiger partial charge in [-0.05, 0) is 53.0 Å². The number of fused-ring (bicyclic) bond motifs is 2. The fourth-order valence-corrected chi connectivity index (χ4v) is 5.30. The molecule has 0 saturated carbocycles. The van der Waals surface area contributed by atoms with Gasteiger partial charge in [0.2, 0.25) is 5.91 Å². The molecule has 1 amide bonds. The second kappa shape index (κ2) is 7.03. The van der Waals surface area contributed by atoms with Crippen LogP contribution in [0.25, 0.3) is 10.9 Å². The number of nitrogens with one attached hydrogen (secondary N) is 2. The predicted octanol–water partition coefficient (Wildman–Crippen LogP) is 2.93. The van der Waals surface area contributed by atoms with Crippen molar-refractivity contribution in [2.24, 2.45) is 5.92 Å². The molecule has 0 radical (unpaired) electrons. The Bertz CT molecular complexity index is 914. The number of H-pyrrole nitrogens is 1. The smallest absolute Gasteiger partial charge is 0.395 e. The molecule has 1 saturated heterocycles. The topological polar surface area (TPSA) is 68.4 Å². The fourth-order valence-electron chi connectivity index (χ4n) is 4.73. The summed E-state index contributed by atoms with van der Waals surface area (Å²) < 4.78 is 39.8. The quantitative estimate of drug-likeness (QED) is 0.660. The first-order valence-electron chi connectivity index (χ1n) is 9.17. The summed E-state index contributed by atoms with van der Waals surface area (Å²) in [5.74, 6) is -3.44. The van der Waals surface area contributed by atoms with Gasteiger partial charge >= 0.3 is 6.18 Å². The number of rotatable bonds is 3. The van der Waals surface area contributed by atoms with Crippen LogP contribution >= 0.6 is 15.9 Å². The molecule has 4 atom stereocenters. The Balaban J connectivity index is 1.61. The summed E-state index contributed by atoms with van der Waals surface area (Å²) in [7, 11) is 1.94. The molecular weight excluding hydrogens is 439 g/mol. The van der Waals surface area contributed by atoms with Gasteiger partial charge in [-0.25, -0.2) is 0 Å². The minimum atomic E-state index is -4.76. The van der Waals surface area contributed by atoms with Crippen molar-refractivity contribution in [3.05, 3.63) is 33.9 Å². The number of likely N-dealkylation sites (N-methyl/N-ethyl adjacent to an activating group) is 1. The number of aliphatic hydroxyl groups excluding tert-OH is 1. The monoisotopic (exact) mass is 459 g/mol. The number of carbonyl (C=O) groups excluding carboxylic acids is 1. The van der Waals surface area contributed by atoms with E-state index in [1.807, 2.05) is 19.2 Å². The molecule has 1 aliphatic carbocycles. The van der Waals surface area contributed by atoms with E-state index in [2.05, 4.69) is 37.2 Å². The van der Waals surface area contributed by atoms with Crippen LogP contribution in [-0.4, -0.2) is 59.4 Å². The van der Waals surface area contributed by atoms with E-state index in [4.69, 9.17) is 5.11 Å². The van der Waals surface area contributed by atoms with E-state index >= 15 is 0 Å². The van der Waals surface area contributed by atoms with Crippen molar-refractivity contribution in [2.75, 3.05) is 20.2 Å². The van der Waals surface area contributed by atoms with Gasteiger partial charge in [0.1, 0.15) is 0 Å². The molecule has 1 aromatic heterocycles. The highest BCUT2D eigenvalue weighted by molar-refractivity contribution is 9.10. The van der Waals surface area contributed by atoms with E-state index in [-0.39, 0.29) is 12.0 Å². The summed E-state index contributed by atoms with van der Waals surface area (Å²) >= 11 is 3.60. The molecule has 9 heteroatoms. The van der Waals surface area contributed by atoms with Crippen LogP contribution in [0.5, 0.6) is 0 Å². The molecule has 5 nitrogen and oxygen atoms in total. The Morgan fingerprint density at radius 2 is 2.21 bits per heavy atom. The molecule has 3 N–H and O–H groups in total. The van der Waals surface area contributed by atoms with Crippen molar-refractivity contribution in [1.82, 2.24) is 15.2 Å². The standard InChI is InChI=1S/C19H21BrF3N3O2/c1-26-7-9(24-18(28)13(8-27)19(21,22)23)5-11-10-3-2-4-14-16(10)12(6-15(11)26)17(20)25-14/h2-4,9,11,13,15,25,27H,5-8H2,1H3,(H,24,28)/t9?,11?,13?,15-/m1/s1. The average Bonchev–Trinajstić information content (AvgIpc) is 2.92. The van der Waals surface area contributed by atoms with Crippen molar-refractivity contribution < 1.29 is 23.1 Å². The predicted molar refractivity (Wildman–Crippen MR) is 102 cm³/mol. The molecule has 3 unspecified atom stereocenters. The van der Waals surface area contributed by atoms with Crippen LogP contribution in [0, 0.1) is 5.92 Å². The zero-order chi connectivity index (χ0) is 20.2. The van der Waals surface area contributed by atoms with E-state index in [0.29, 0.717) is 13.0 Å². The summed E-state index contributed by atoms with van der Waals surface area (Å²) in [6.07, 6.45) is -3.36. The second-order valence-electron chi connectivity index (χ2n) is 7.72. The van der Waals surface area contributed by atoms with Crippen molar-refractivity contribution in [3.63, 3.8) is 0 Å². The maximum atomic E-state index is 13.0. The van der Waals surface area contributed by atoms with Crippen LogP contribution in [0.15, 0.2) is 22.8 Å². The lowest BCUT2D eigenvalue weighted by molar-refractivity contribution is -0.189. The van der Waals surface area contributed by atoms with Crippen molar-refractivity contribution >= 4 is 32.7 Å². The number of aliphatic hydroxyl groups is 1. The molecule has 152 valence electrons. The first-order chi connectivity index (χ1) is 13.2. The molecule has 1 fully saturated rings. The number of hydrogen-bond acceptors (Lipinski definition) is 3. The van der Waals surface area contributed by atoms with Crippen LogP contribution in [0.3, 0.4) is 0 Å². The van der Waals surface area contributed by atoms with Crippen molar-refractivity contribution in [2.45, 2.75) is 37.0 Å². The number of piperidine rings is 1. The molecular formula is C19H21BrF3N3O2. The Morgan fingerprint density at radius 3 is 2.89 bits per heavy atom. The van der Waals surface area contributed by atoms with Crippen LogP contribution in [-0.2, 0) is 11.2 Å². The molecule has 2 aromatic rings. The lowest BCUT2D eigenvalue weighted by atomic mass is 9.74. The van der Waals surface area contributed by atoms with Crippen LogP contribution < -0.4 is 5.32 Å². The number of halogens is 4. The Kier molecular flexibility index (Phi) is 4.96. The van der Waals surface area contributed by atoms with Gasteiger partial charge < -0.3 is 20.3 Å². The summed E-state index contributed by atoms with van der Waals surface area (Å²) in [6.45, 7) is -0.778. The molecule has 4 rings (SSSR count). The molecule has 0 spiro atoms. The summed E-state index contributed by atoms with van der Waals surface area (Å²) in [5.41, 5.74) is 3.41. The minimum Gasteiger partial charge on any atom is -0.395 e. The van der Waals surface area contributed by atoms with Crippen LogP contribution in [0.4, 0.5) is 13.2 Å². The molecule has 2 heterocycles. The van der Waals surface area contributed by atoms with Gasteiger partial charge in [0, 0.05) is 35.4 Å². The Hall–Kier alpha value is -1.58. The number of alkyl halides is 3. The highest BCUT2D eigenvalue weighted by Gasteiger charge is 2.46. The summed E-state index contributed by atoms with van der Waals surface area (Å²) in [5, 5.41) is 12.7. The number of nitrogens with zero attached hydrogens (tertiary/aromatic N) is 1. The number of aromatic nitrogens is 1. The number of aromatic amines is 1. The summed E-state index contributed by atoms with van der Waals surface area (Å²) in [6, 6.07) is 5.85. The Morgan fingerprint density at radius 1 is 1.46 bits per heavy atom. The van der Waals surface area contributed by atoms with Crippen LogP contribution in [0.2, 0.25) is 0 Å². The summed E-state index contributed by atoms with van der Waals surface area (Å²) in [4.78, 5) is 17.6. The van der Waals surface area contributed by atoms with Gasteiger partial charge in [-0.1, -0.05) is 12.1 Å². The SMILES string of the molecule is CN1CC(NC(=O)C(CO)C(F)(F)F)CC2c3cccc4[nH]c(Br)c(c34)C[C@H]21. The van der Waals surface area contributed by atoms with Gasteiger partial charge in [0.15, 0.2) is 5.92 Å². The zero-order valence-electron chi connectivity index (χ0n) is 15.2. The third-order valence-electron chi connectivity index (χ3n) is 6.04. The number of carbonyl (C=O) groups is 1. The number of amides is 1. The third kappa shape index (κ3) is 3.23. The lowest BCUT2D eigenvalue weighted by Gasteiger charge is -2.46. The second-order valence-corrected chi connectivity index (χ2v) is 8.52. The maximum Gasteiger partial charge on any atom is 0.402 e. The fraction of sp³-hybridized carbons (Fsp3) is 0.526. The van der Waals surface area contributed by atoms with Gasteiger partial charge in [-0.3, -0.25) is 4.79 Å². The number of likely N-dealkylation sites (tertiary alicyclic amines) is 1.